The van der Waals surface area contributed by atoms with E-state index in [1.807, 2.05) is 0 Å². The van der Waals surface area contributed by atoms with Crippen LogP contribution >= 0.6 is 15.9 Å². The normalized spacial score (nSPS) is 21.9. The topological polar surface area (TPSA) is 36.8 Å². The molecular formula is C8H7BrF5N3. The second-order valence-corrected chi connectivity index (χ2v) is 4.02. The van der Waals surface area contributed by atoms with Gasteiger partial charge in [0.2, 0.25) is 0 Å². The minimum absolute atomic E-state index is 0.0424. The lowest BCUT2D eigenvalue weighted by Gasteiger charge is -2.18. The number of hydrogen-bond acceptors (Lipinski definition) is 3. The van der Waals surface area contributed by atoms with E-state index in [2.05, 4.69) is 31.5 Å². The minimum Gasteiger partial charge on any atom is -0.294 e. The first kappa shape index (κ1) is 14.2. The first-order chi connectivity index (χ1) is 7.68. The fourth-order valence-corrected chi connectivity index (χ4v) is 1.42. The quantitative estimate of drug-likeness (QED) is 0.778. The maximum atomic E-state index is 13.0. The second-order valence-electron chi connectivity index (χ2n) is 3.10. The third-order valence-electron chi connectivity index (χ3n) is 1.86. The average Bonchev–Trinajstić information content (AvgIpc) is 2.38. The van der Waals surface area contributed by atoms with Crippen molar-refractivity contribution in [2.75, 3.05) is 7.05 Å². The first-order valence-corrected chi connectivity index (χ1v) is 5.10. The maximum Gasteiger partial charge on any atom is 0.459 e. The van der Waals surface area contributed by atoms with Crippen molar-refractivity contribution < 1.29 is 22.0 Å². The molecule has 0 fully saturated rings. The summed E-state index contributed by atoms with van der Waals surface area (Å²) in [5, 5.41) is 8.81. The highest BCUT2D eigenvalue weighted by Crippen LogP contribution is 2.42. The van der Waals surface area contributed by atoms with Gasteiger partial charge in [-0.05, 0) is 19.2 Å². The van der Waals surface area contributed by atoms with Crippen molar-refractivity contribution in [3.05, 3.63) is 22.3 Å². The van der Waals surface area contributed by atoms with Crippen LogP contribution in [0.3, 0.4) is 0 Å². The maximum absolute atomic E-state index is 13.0. The van der Waals surface area contributed by atoms with Gasteiger partial charge in [-0.15, -0.1) is 0 Å². The van der Waals surface area contributed by atoms with Gasteiger partial charge in [0, 0.05) is 4.48 Å². The summed E-state index contributed by atoms with van der Waals surface area (Å²) < 4.78 is 62.4. The minimum atomic E-state index is -5.70. The van der Waals surface area contributed by atoms with Gasteiger partial charge in [-0.3, -0.25) is 5.32 Å². The lowest BCUT2D eigenvalue weighted by Crippen LogP contribution is -2.37. The van der Waals surface area contributed by atoms with Crippen molar-refractivity contribution in [3.8, 4) is 0 Å². The summed E-state index contributed by atoms with van der Waals surface area (Å²) in [4.78, 5) is 0. The van der Waals surface area contributed by atoms with E-state index in [1.165, 1.54) is 13.1 Å². The van der Waals surface area contributed by atoms with Gasteiger partial charge >= 0.3 is 12.1 Å². The lowest BCUT2D eigenvalue weighted by atomic mass is 10.2. The van der Waals surface area contributed by atoms with Gasteiger partial charge in [0.1, 0.15) is 11.9 Å². The Balaban J connectivity index is 3.13. The largest absolute Gasteiger partial charge is 0.459 e. The molecule has 0 radical (unpaired) electrons. The zero-order chi connectivity index (χ0) is 13.3. The van der Waals surface area contributed by atoms with Gasteiger partial charge < -0.3 is 0 Å². The van der Waals surface area contributed by atoms with E-state index in [4.69, 9.17) is 0 Å². The Morgan fingerprint density at radius 1 is 1.29 bits per heavy atom. The van der Waals surface area contributed by atoms with Crippen LogP contribution in [-0.4, -0.2) is 25.3 Å². The first-order valence-electron chi connectivity index (χ1n) is 4.30. The van der Waals surface area contributed by atoms with Gasteiger partial charge in [0.15, 0.2) is 0 Å². The van der Waals surface area contributed by atoms with Gasteiger partial charge in [-0.25, -0.2) is 0 Å². The monoisotopic (exact) mass is 319 g/mol. The fourth-order valence-electron chi connectivity index (χ4n) is 0.956. The molecule has 0 saturated heterocycles. The molecule has 1 atom stereocenters. The number of nitrogens with one attached hydrogen (secondary N) is 1. The molecule has 1 aliphatic rings. The SMILES string of the molecule is CNC1C=C(Br)C=C(C(F)(F)C(F)(F)F)N=N1. The van der Waals surface area contributed by atoms with Crippen molar-refractivity contribution in [1.29, 1.82) is 0 Å². The summed E-state index contributed by atoms with van der Waals surface area (Å²) in [6.45, 7) is 0. The van der Waals surface area contributed by atoms with Crippen LogP contribution in [0.1, 0.15) is 0 Å². The number of azo groups is 1. The standard InChI is InChI=1S/C8H7BrF5N3/c1-15-6-3-4(9)2-5(16-17-6)7(10,11)8(12,13)14/h2-3,6,15H,1H3. The fraction of sp³-hybridized carbons (Fsp3) is 0.500. The van der Waals surface area contributed by atoms with Crippen molar-refractivity contribution >= 4 is 15.9 Å². The molecule has 0 spiro atoms. The van der Waals surface area contributed by atoms with Gasteiger partial charge in [0.05, 0.1) is 0 Å². The molecule has 17 heavy (non-hydrogen) atoms. The Bertz CT molecular complexity index is 385. The van der Waals surface area contributed by atoms with Crippen molar-refractivity contribution in [2.24, 2.45) is 10.2 Å². The second kappa shape index (κ2) is 4.81. The lowest BCUT2D eigenvalue weighted by molar-refractivity contribution is -0.264. The van der Waals surface area contributed by atoms with Gasteiger partial charge in [-0.1, -0.05) is 15.9 Å². The highest BCUT2D eigenvalue weighted by molar-refractivity contribution is 9.11. The summed E-state index contributed by atoms with van der Waals surface area (Å²) in [6.07, 6.45) is -4.57. The molecule has 1 aliphatic heterocycles. The number of alkyl halides is 5. The molecule has 0 amide bonds. The van der Waals surface area contributed by atoms with Crippen molar-refractivity contribution in [2.45, 2.75) is 18.3 Å². The van der Waals surface area contributed by atoms with Crippen molar-refractivity contribution in [1.82, 2.24) is 5.32 Å². The molecule has 1 N–H and O–H groups in total. The van der Waals surface area contributed by atoms with Crippen molar-refractivity contribution in [3.63, 3.8) is 0 Å². The molecule has 3 nitrogen and oxygen atoms in total. The summed E-state index contributed by atoms with van der Waals surface area (Å²) in [7, 11) is 1.47. The molecule has 9 heteroatoms. The number of likely N-dealkylation sites (N-methyl/N-ethyl adjacent to an activating group) is 1. The molecule has 0 aromatic carbocycles. The number of allylic oxidation sites excluding steroid dienone is 3. The Morgan fingerprint density at radius 2 is 1.88 bits per heavy atom. The van der Waals surface area contributed by atoms with Crippen LogP contribution in [0.5, 0.6) is 0 Å². The Kier molecular flexibility index (Phi) is 4.03. The van der Waals surface area contributed by atoms with Gasteiger partial charge in [-0.2, -0.15) is 32.2 Å². The van der Waals surface area contributed by atoms with E-state index in [0.717, 1.165) is 0 Å². The van der Waals surface area contributed by atoms with Crippen LogP contribution in [0.2, 0.25) is 0 Å². The Hall–Kier alpha value is -0.830. The molecule has 0 aromatic rings. The highest BCUT2D eigenvalue weighted by Gasteiger charge is 2.61. The Morgan fingerprint density at radius 3 is 2.35 bits per heavy atom. The Labute approximate surface area is 102 Å². The number of rotatable bonds is 2. The van der Waals surface area contributed by atoms with Crippen LogP contribution in [0, 0.1) is 0 Å². The highest BCUT2D eigenvalue weighted by atomic mass is 79.9. The molecule has 1 heterocycles. The smallest absolute Gasteiger partial charge is 0.294 e. The van der Waals surface area contributed by atoms with Crippen LogP contribution < -0.4 is 5.32 Å². The zero-order valence-corrected chi connectivity index (χ0v) is 9.98. The predicted octanol–water partition coefficient (Wildman–Crippen LogP) is 3.36. The summed E-state index contributed by atoms with van der Waals surface area (Å²) in [6, 6.07) is 0. The number of hydrogen-bond donors (Lipinski definition) is 1. The van der Waals surface area contributed by atoms with E-state index < -0.39 is 24.0 Å². The van der Waals surface area contributed by atoms with Crippen LogP contribution in [0.4, 0.5) is 22.0 Å². The summed E-state index contributed by atoms with van der Waals surface area (Å²) in [5.41, 5.74) is -1.45. The molecule has 1 unspecified atom stereocenters. The molecular weight excluding hydrogens is 313 g/mol. The number of halogens is 6. The van der Waals surface area contributed by atoms with E-state index in [1.54, 1.807) is 0 Å². The van der Waals surface area contributed by atoms with Crippen LogP contribution in [0.15, 0.2) is 32.6 Å². The molecule has 0 aromatic heterocycles. The molecule has 0 bridgehead atoms. The summed E-state index contributed by atoms with van der Waals surface area (Å²) in [5.74, 6) is -5.04. The molecule has 0 saturated carbocycles. The molecule has 96 valence electrons. The van der Waals surface area contributed by atoms with E-state index in [0.29, 0.717) is 6.08 Å². The third-order valence-corrected chi connectivity index (χ3v) is 2.35. The zero-order valence-electron chi connectivity index (χ0n) is 8.39. The molecule has 1 rings (SSSR count). The van der Waals surface area contributed by atoms with Crippen LogP contribution in [0.25, 0.3) is 0 Å². The number of nitrogens with zero attached hydrogens (tertiary/aromatic N) is 2. The average molecular weight is 320 g/mol. The van der Waals surface area contributed by atoms with Crippen LogP contribution in [-0.2, 0) is 0 Å². The predicted molar refractivity (Wildman–Crippen MR) is 53.8 cm³/mol. The van der Waals surface area contributed by atoms with Gasteiger partial charge in [0.25, 0.3) is 0 Å². The van der Waals surface area contributed by atoms with E-state index in [9.17, 15) is 22.0 Å². The molecule has 0 aliphatic carbocycles. The van der Waals surface area contributed by atoms with E-state index in [-0.39, 0.29) is 4.48 Å². The van der Waals surface area contributed by atoms with E-state index >= 15 is 0 Å². The third kappa shape index (κ3) is 3.09. The summed E-state index contributed by atoms with van der Waals surface area (Å²) >= 11 is 2.84.